The number of ether oxygens (including phenoxy) is 2. The predicted octanol–water partition coefficient (Wildman–Crippen LogP) is 2.45. The topological polar surface area (TPSA) is 51.7 Å². The van der Waals surface area contributed by atoms with Crippen molar-refractivity contribution in [3.8, 4) is 5.19 Å². The Hall–Kier alpha value is -0.850. The number of likely N-dealkylation sites (tertiary alicyclic amines) is 1. The van der Waals surface area contributed by atoms with Gasteiger partial charge in [-0.3, -0.25) is 0 Å². The van der Waals surface area contributed by atoms with Gasteiger partial charge >= 0.3 is 5.97 Å². The van der Waals surface area contributed by atoms with Crippen molar-refractivity contribution in [2.75, 3.05) is 27.3 Å². The van der Waals surface area contributed by atoms with Crippen molar-refractivity contribution in [3.05, 3.63) is 10.0 Å². The molecule has 7 heteroatoms. The Morgan fingerprint density at radius 1 is 1.58 bits per heavy atom. The summed E-state index contributed by atoms with van der Waals surface area (Å²) >= 11 is 7.00. The van der Waals surface area contributed by atoms with Crippen LogP contribution in [0.15, 0.2) is 0 Å². The molecule has 0 spiro atoms. The van der Waals surface area contributed by atoms with E-state index in [-0.39, 0.29) is 10.0 Å². The molecule has 2 heterocycles. The van der Waals surface area contributed by atoms with Crippen LogP contribution in [0.5, 0.6) is 5.19 Å². The van der Waals surface area contributed by atoms with Gasteiger partial charge in [0.15, 0.2) is 10.0 Å². The first kappa shape index (κ1) is 14.6. The van der Waals surface area contributed by atoms with Crippen molar-refractivity contribution in [3.63, 3.8) is 0 Å². The Labute approximate surface area is 121 Å². The molecule has 5 nitrogen and oxygen atoms in total. The Balaban J connectivity index is 1.94. The van der Waals surface area contributed by atoms with Crippen molar-refractivity contribution >= 4 is 28.9 Å². The maximum atomic E-state index is 11.4. The molecule has 1 aliphatic rings. The van der Waals surface area contributed by atoms with E-state index in [4.69, 9.17) is 16.3 Å². The quantitative estimate of drug-likeness (QED) is 0.800. The van der Waals surface area contributed by atoms with Crippen LogP contribution in [-0.4, -0.2) is 49.2 Å². The molecule has 19 heavy (non-hydrogen) atoms. The number of hydrogen-bond donors (Lipinski definition) is 0. The minimum absolute atomic E-state index is 0.142. The fraction of sp³-hybridized carbons (Fsp3) is 0.667. The van der Waals surface area contributed by atoms with E-state index in [0.29, 0.717) is 17.8 Å². The number of carbonyl (C=O) groups is 1. The minimum Gasteiger partial charge on any atom is -0.468 e. The van der Waals surface area contributed by atoms with E-state index >= 15 is 0 Å². The molecule has 0 amide bonds. The van der Waals surface area contributed by atoms with Crippen LogP contribution in [-0.2, 0) is 4.74 Å². The number of aromatic nitrogens is 1. The molecule has 0 saturated carbocycles. The second kappa shape index (κ2) is 6.54. The van der Waals surface area contributed by atoms with E-state index < -0.39 is 5.97 Å². The molecule has 0 bridgehead atoms. The van der Waals surface area contributed by atoms with Crippen LogP contribution in [0.1, 0.15) is 28.9 Å². The van der Waals surface area contributed by atoms with Gasteiger partial charge < -0.3 is 14.4 Å². The van der Waals surface area contributed by atoms with Crippen LogP contribution >= 0.6 is 22.9 Å². The highest BCUT2D eigenvalue weighted by Gasteiger charge is 2.22. The fourth-order valence-electron chi connectivity index (χ4n) is 2.09. The highest BCUT2D eigenvalue weighted by atomic mass is 35.5. The molecule has 1 aliphatic heterocycles. The molecule has 1 saturated heterocycles. The number of carbonyl (C=O) groups excluding carboxylic acids is 1. The summed E-state index contributed by atoms with van der Waals surface area (Å²) in [5.74, 6) is -0.480. The molecule has 0 radical (unpaired) electrons. The van der Waals surface area contributed by atoms with E-state index in [1.807, 2.05) is 0 Å². The zero-order valence-electron chi connectivity index (χ0n) is 11.0. The molecular weight excluding hydrogens is 288 g/mol. The van der Waals surface area contributed by atoms with Gasteiger partial charge in [-0.05, 0) is 26.4 Å². The van der Waals surface area contributed by atoms with Crippen molar-refractivity contribution in [2.24, 2.45) is 0 Å². The molecule has 1 atom stereocenters. The number of halogens is 1. The average molecular weight is 305 g/mol. The number of rotatable bonds is 4. The standard InChI is InChI=1S/C12H17ClN2O3S/c1-15-6-4-3-5-8(15)7-18-12-14-10(13)9(19-12)11(16)17-2/h8H,3-7H2,1-2H3. The third-order valence-corrected chi connectivity index (χ3v) is 4.59. The van der Waals surface area contributed by atoms with Gasteiger partial charge in [0.1, 0.15) is 6.61 Å². The van der Waals surface area contributed by atoms with Crippen LogP contribution < -0.4 is 4.74 Å². The first-order chi connectivity index (χ1) is 9.11. The van der Waals surface area contributed by atoms with Gasteiger partial charge in [0.25, 0.3) is 5.19 Å². The first-order valence-corrected chi connectivity index (χ1v) is 7.39. The minimum atomic E-state index is -0.480. The summed E-state index contributed by atoms with van der Waals surface area (Å²) < 4.78 is 10.3. The number of hydrogen-bond acceptors (Lipinski definition) is 6. The van der Waals surface area contributed by atoms with Gasteiger partial charge in [-0.15, -0.1) is 0 Å². The molecule has 2 rings (SSSR count). The Morgan fingerprint density at radius 3 is 3.05 bits per heavy atom. The number of nitrogens with zero attached hydrogens (tertiary/aromatic N) is 2. The normalized spacial score (nSPS) is 20.3. The van der Waals surface area contributed by atoms with Crippen molar-refractivity contribution in [1.29, 1.82) is 0 Å². The second-order valence-corrected chi connectivity index (χ2v) is 5.85. The maximum Gasteiger partial charge on any atom is 0.351 e. The number of likely N-dealkylation sites (N-methyl/N-ethyl adjacent to an activating group) is 1. The molecule has 1 fully saturated rings. The molecule has 1 aromatic heterocycles. The molecule has 0 N–H and O–H groups in total. The monoisotopic (exact) mass is 304 g/mol. The van der Waals surface area contributed by atoms with E-state index in [9.17, 15) is 4.79 Å². The molecule has 0 aromatic carbocycles. The third kappa shape index (κ3) is 3.58. The van der Waals surface area contributed by atoms with E-state index in [1.165, 1.54) is 20.0 Å². The van der Waals surface area contributed by atoms with Gasteiger partial charge in [-0.25, -0.2) is 4.79 Å². The molecule has 106 valence electrons. The van der Waals surface area contributed by atoms with Crippen LogP contribution in [0.25, 0.3) is 0 Å². The number of esters is 1. The Bertz CT molecular complexity index is 452. The van der Waals surface area contributed by atoms with Crippen LogP contribution in [0.3, 0.4) is 0 Å². The highest BCUT2D eigenvalue weighted by Crippen LogP contribution is 2.29. The summed E-state index contributed by atoms with van der Waals surface area (Å²) in [6, 6.07) is 0.401. The predicted molar refractivity (Wildman–Crippen MR) is 74.2 cm³/mol. The summed E-state index contributed by atoms with van der Waals surface area (Å²) in [5.41, 5.74) is 0. The Kier molecular flexibility index (Phi) is 5.01. The van der Waals surface area contributed by atoms with E-state index in [2.05, 4.69) is 21.7 Å². The highest BCUT2D eigenvalue weighted by molar-refractivity contribution is 7.15. The van der Waals surface area contributed by atoms with Crippen molar-refractivity contribution in [1.82, 2.24) is 9.88 Å². The molecule has 0 aliphatic carbocycles. The lowest BCUT2D eigenvalue weighted by Crippen LogP contribution is -2.40. The smallest absolute Gasteiger partial charge is 0.351 e. The Morgan fingerprint density at radius 2 is 2.37 bits per heavy atom. The lowest BCUT2D eigenvalue weighted by molar-refractivity contribution is 0.0606. The number of thiazole rings is 1. The molecule has 1 unspecified atom stereocenters. The summed E-state index contributed by atoms with van der Waals surface area (Å²) in [7, 11) is 3.41. The zero-order chi connectivity index (χ0) is 13.8. The molecular formula is C12H17ClN2O3S. The van der Waals surface area contributed by atoms with Crippen LogP contribution in [0.2, 0.25) is 5.15 Å². The first-order valence-electron chi connectivity index (χ1n) is 6.19. The summed E-state index contributed by atoms with van der Waals surface area (Å²) in [5, 5.41) is 0.563. The maximum absolute atomic E-state index is 11.4. The number of methoxy groups -OCH3 is 1. The van der Waals surface area contributed by atoms with E-state index in [1.54, 1.807) is 0 Å². The van der Waals surface area contributed by atoms with Gasteiger partial charge in [-0.1, -0.05) is 29.4 Å². The third-order valence-electron chi connectivity index (χ3n) is 3.26. The number of piperidine rings is 1. The van der Waals surface area contributed by atoms with Gasteiger partial charge in [-0.2, -0.15) is 4.98 Å². The average Bonchev–Trinajstić information content (AvgIpc) is 2.78. The lowest BCUT2D eigenvalue weighted by atomic mass is 10.0. The van der Waals surface area contributed by atoms with Gasteiger partial charge in [0.2, 0.25) is 0 Å². The summed E-state index contributed by atoms with van der Waals surface area (Å²) in [4.78, 5) is 18.0. The largest absolute Gasteiger partial charge is 0.468 e. The van der Waals surface area contributed by atoms with Crippen LogP contribution in [0, 0.1) is 0 Å². The zero-order valence-corrected chi connectivity index (χ0v) is 12.6. The van der Waals surface area contributed by atoms with Crippen molar-refractivity contribution in [2.45, 2.75) is 25.3 Å². The van der Waals surface area contributed by atoms with Crippen LogP contribution in [0.4, 0.5) is 0 Å². The summed E-state index contributed by atoms with van der Waals surface area (Å²) in [6.45, 7) is 1.67. The lowest BCUT2D eigenvalue weighted by Gasteiger charge is -2.31. The van der Waals surface area contributed by atoms with Crippen molar-refractivity contribution < 1.29 is 14.3 Å². The van der Waals surface area contributed by atoms with Gasteiger partial charge in [0.05, 0.1) is 7.11 Å². The van der Waals surface area contributed by atoms with Gasteiger partial charge in [0, 0.05) is 6.04 Å². The second-order valence-electron chi connectivity index (χ2n) is 4.53. The fourth-order valence-corrected chi connectivity index (χ4v) is 3.14. The SMILES string of the molecule is COC(=O)c1sc(OCC2CCCCN2C)nc1Cl. The molecule has 1 aromatic rings. The summed E-state index contributed by atoms with van der Waals surface area (Å²) in [6.07, 6.45) is 3.59. The van der Waals surface area contributed by atoms with E-state index in [0.717, 1.165) is 24.3 Å².